The summed E-state index contributed by atoms with van der Waals surface area (Å²) in [5.41, 5.74) is 5.68. The van der Waals surface area contributed by atoms with Gasteiger partial charge >= 0.3 is 5.97 Å². The smallest absolute Gasteiger partial charge is 0.339 e. The molecule has 19 heavy (non-hydrogen) atoms. The Hall–Kier alpha value is -2.08. The van der Waals surface area contributed by atoms with Crippen molar-refractivity contribution in [1.82, 2.24) is 0 Å². The molecule has 98 valence electrons. The molecule has 3 N–H and O–H groups in total. The summed E-state index contributed by atoms with van der Waals surface area (Å²) in [6.07, 6.45) is 0. The van der Waals surface area contributed by atoms with Gasteiger partial charge in [-0.15, -0.1) is 0 Å². The van der Waals surface area contributed by atoms with Crippen LogP contribution in [0.25, 0.3) is 0 Å². The Kier molecular flexibility index (Phi) is 3.71. The molecule has 2 rings (SSSR count). The summed E-state index contributed by atoms with van der Waals surface area (Å²) in [7, 11) is 0. The first-order valence-corrected chi connectivity index (χ1v) is 6.02. The molecule has 0 amide bonds. The van der Waals surface area contributed by atoms with E-state index in [2.05, 4.69) is 15.9 Å². The Labute approximate surface area is 116 Å². The average molecular weight is 326 g/mol. The van der Waals surface area contributed by atoms with Crippen LogP contribution in [-0.4, -0.2) is 11.1 Å². The van der Waals surface area contributed by atoms with Crippen LogP contribution in [0.2, 0.25) is 0 Å². The van der Waals surface area contributed by atoms with Gasteiger partial charge in [0.2, 0.25) is 0 Å². The van der Waals surface area contributed by atoms with E-state index in [0.29, 0.717) is 10.2 Å². The van der Waals surface area contributed by atoms with E-state index in [1.165, 1.54) is 36.4 Å². The van der Waals surface area contributed by atoms with Gasteiger partial charge in [-0.3, -0.25) is 0 Å². The van der Waals surface area contributed by atoms with E-state index in [0.717, 1.165) is 0 Å². The lowest BCUT2D eigenvalue weighted by Crippen LogP contribution is -2.02. The number of nitrogens with two attached hydrogens (primary N) is 1. The first-order valence-electron chi connectivity index (χ1n) is 5.23. The molecule has 4 nitrogen and oxygen atoms in total. The second-order valence-electron chi connectivity index (χ2n) is 3.74. The number of nitrogen functional groups attached to an aromatic ring is 1. The molecule has 0 unspecified atom stereocenters. The predicted molar refractivity (Wildman–Crippen MR) is 72.0 cm³/mol. The standard InChI is InChI=1S/C13H9BrFNO3/c14-7-1-3-10(15)12(5-7)19-11-4-2-8(16)6-9(11)13(17)18/h1-6H,16H2,(H,17,18). The predicted octanol–water partition coefficient (Wildman–Crippen LogP) is 3.66. The Morgan fingerprint density at radius 1 is 1.21 bits per heavy atom. The quantitative estimate of drug-likeness (QED) is 0.844. The highest BCUT2D eigenvalue weighted by Crippen LogP contribution is 2.30. The fourth-order valence-corrected chi connectivity index (χ4v) is 1.82. The molecule has 0 aliphatic carbocycles. The lowest BCUT2D eigenvalue weighted by atomic mass is 10.2. The summed E-state index contributed by atoms with van der Waals surface area (Å²) in [6, 6.07) is 8.28. The van der Waals surface area contributed by atoms with Gasteiger partial charge in [-0.1, -0.05) is 15.9 Å². The van der Waals surface area contributed by atoms with Crippen LogP contribution >= 0.6 is 15.9 Å². The number of aromatic carboxylic acids is 1. The van der Waals surface area contributed by atoms with E-state index in [-0.39, 0.29) is 17.1 Å². The maximum Gasteiger partial charge on any atom is 0.339 e. The van der Waals surface area contributed by atoms with Gasteiger partial charge in [-0.05, 0) is 36.4 Å². The van der Waals surface area contributed by atoms with Gasteiger partial charge < -0.3 is 15.6 Å². The van der Waals surface area contributed by atoms with E-state index in [4.69, 9.17) is 15.6 Å². The molecule has 0 fully saturated rings. The topological polar surface area (TPSA) is 72.5 Å². The van der Waals surface area contributed by atoms with Crippen molar-refractivity contribution in [3.8, 4) is 11.5 Å². The Morgan fingerprint density at radius 3 is 2.63 bits per heavy atom. The molecule has 0 saturated heterocycles. The van der Waals surface area contributed by atoms with Crippen molar-refractivity contribution in [3.05, 3.63) is 52.3 Å². The Balaban J connectivity index is 2.43. The zero-order chi connectivity index (χ0) is 14.0. The summed E-state index contributed by atoms with van der Waals surface area (Å²) in [4.78, 5) is 11.1. The molecule has 0 aliphatic rings. The lowest BCUT2D eigenvalue weighted by molar-refractivity contribution is 0.0694. The van der Waals surface area contributed by atoms with Crippen molar-refractivity contribution >= 4 is 27.6 Å². The third kappa shape index (κ3) is 3.03. The molecule has 0 spiro atoms. The highest BCUT2D eigenvalue weighted by Gasteiger charge is 2.14. The summed E-state index contributed by atoms with van der Waals surface area (Å²) in [5, 5.41) is 9.05. The number of benzene rings is 2. The Bertz CT molecular complexity index is 646. The van der Waals surface area contributed by atoms with Crippen LogP contribution in [0.1, 0.15) is 10.4 Å². The SMILES string of the molecule is Nc1ccc(Oc2cc(Br)ccc2F)c(C(=O)O)c1. The van der Waals surface area contributed by atoms with E-state index in [1.54, 1.807) is 0 Å². The van der Waals surface area contributed by atoms with Crippen molar-refractivity contribution in [2.24, 2.45) is 0 Å². The third-order valence-corrected chi connectivity index (χ3v) is 2.84. The number of carboxylic acid groups (broad SMARTS) is 1. The van der Waals surface area contributed by atoms with E-state index in [9.17, 15) is 9.18 Å². The van der Waals surface area contributed by atoms with E-state index < -0.39 is 11.8 Å². The minimum absolute atomic E-state index is 0.0266. The first-order chi connectivity index (χ1) is 8.97. The van der Waals surface area contributed by atoms with E-state index >= 15 is 0 Å². The zero-order valence-electron chi connectivity index (χ0n) is 9.56. The molecular formula is C13H9BrFNO3. The average Bonchev–Trinajstić information content (AvgIpc) is 2.35. The number of hydrogen-bond acceptors (Lipinski definition) is 3. The minimum atomic E-state index is -1.20. The normalized spacial score (nSPS) is 10.2. The van der Waals surface area contributed by atoms with Crippen LogP contribution < -0.4 is 10.5 Å². The number of carbonyl (C=O) groups is 1. The molecule has 0 atom stereocenters. The highest BCUT2D eigenvalue weighted by atomic mass is 79.9. The zero-order valence-corrected chi connectivity index (χ0v) is 11.1. The molecule has 0 saturated carbocycles. The molecule has 2 aromatic carbocycles. The third-order valence-electron chi connectivity index (χ3n) is 2.35. The molecule has 0 aliphatic heterocycles. The number of carboxylic acids is 1. The van der Waals surface area contributed by atoms with Gasteiger partial charge in [0.1, 0.15) is 11.3 Å². The molecular weight excluding hydrogens is 317 g/mol. The van der Waals surface area contributed by atoms with Crippen LogP contribution in [0, 0.1) is 5.82 Å². The minimum Gasteiger partial charge on any atom is -0.478 e. The van der Waals surface area contributed by atoms with Crippen molar-refractivity contribution in [2.75, 3.05) is 5.73 Å². The second kappa shape index (κ2) is 5.27. The molecule has 0 heterocycles. The number of halogens is 2. The largest absolute Gasteiger partial charge is 0.478 e. The molecule has 0 bridgehead atoms. The van der Waals surface area contributed by atoms with Crippen LogP contribution in [0.4, 0.5) is 10.1 Å². The maximum absolute atomic E-state index is 13.5. The van der Waals surface area contributed by atoms with Gasteiger partial charge in [0.15, 0.2) is 11.6 Å². The monoisotopic (exact) mass is 325 g/mol. The van der Waals surface area contributed by atoms with Crippen molar-refractivity contribution in [2.45, 2.75) is 0 Å². The lowest BCUT2D eigenvalue weighted by Gasteiger charge is -2.10. The van der Waals surface area contributed by atoms with Gasteiger partial charge in [-0.2, -0.15) is 0 Å². The van der Waals surface area contributed by atoms with Gasteiger partial charge in [0, 0.05) is 10.2 Å². The van der Waals surface area contributed by atoms with Gasteiger partial charge in [-0.25, -0.2) is 9.18 Å². The van der Waals surface area contributed by atoms with Crippen molar-refractivity contribution in [1.29, 1.82) is 0 Å². The first kappa shape index (κ1) is 13.4. The van der Waals surface area contributed by atoms with Crippen LogP contribution in [0.3, 0.4) is 0 Å². The number of rotatable bonds is 3. The molecule has 6 heteroatoms. The van der Waals surface area contributed by atoms with Crippen LogP contribution in [0.15, 0.2) is 40.9 Å². The number of hydrogen-bond donors (Lipinski definition) is 2. The van der Waals surface area contributed by atoms with E-state index in [1.807, 2.05) is 0 Å². The van der Waals surface area contributed by atoms with Gasteiger partial charge in [0.25, 0.3) is 0 Å². The molecule has 0 aromatic heterocycles. The summed E-state index contributed by atoms with van der Waals surface area (Å²) in [5.74, 6) is -1.82. The second-order valence-corrected chi connectivity index (χ2v) is 4.65. The summed E-state index contributed by atoms with van der Waals surface area (Å²) < 4.78 is 19.5. The fourth-order valence-electron chi connectivity index (χ4n) is 1.48. The van der Waals surface area contributed by atoms with Crippen molar-refractivity contribution in [3.63, 3.8) is 0 Å². The van der Waals surface area contributed by atoms with Gasteiger partial charge in [0.05, 0.1) is 0 Å². The fraction of sp³-hybridized carbons (Fsp3) is 0. The number of ether oxygens (including phenoxy) is 1. The number of anilines is 1. The Morgan fingerprint density at radius 2 is 1.95 bits per heavy atom. The molecule has 2 aromatic rings. The van der Waals surface area contributed by atoms with Crippen LogP contribution in [-0.2, 0) is 0 Å². The molecule has 0 radical (unpaired) electrons. The summed E-state index contributed by atoms with van der Waals surface area (Å²) >= 11 is 3.19. The summed E-state index contributed by atoms with van der Waals surface area (Å²) in [6.45, 7) is 0. The van der Waals surface area contributed by atoms with Crippen molar-refractivity contribution < 1.29 is 19.0 Å². The maximum atomic E-state index is 13.5. The van der Waals surface area contributed by atoms with Crippen LogP contribution in [0.5, 0.6) is 11.5 Å². The highest BCUT2D eigenvalue weighted by molar-refractivity contribution is 9.10.